The molecule has 0 aromatic carbocycles. The average molecular weight is 226 g/mol. The Balaban J connectivity index is 2.29. The average Bonchev–Trinajstić information content (AvgIpc) is 2.66. The lowest BCUT2D eigenvalue weighted by Crippen LogP contribution is -1.97. The summed E-state index contributed by atoms with van der Waals surface area (Å²) in [5.74, 6) is 0. The van der Waals surface area contributed by atoms with Gasteiger partial charge in [0.05, 0.1) is 10.7 Å². The molecule has 2 aromatic heterocycles. The second-order valence-corrected chi connectivity index (χ2v) is 4.18. The van der Waals surface area contributed by atoms with Crippen LogP contribution in [0.2, 0.25) is 5.15 Å². The summed E-state index contributed by atoms with van der Waals surface area (Å²) in [4.78, 5) is 12.3. The minimum absolute atomic E-state index is 0.520. The maximum atomic E-state index is 5.89. The highest BCUT2D eigenvalue weighted by atomic mass is 35.5. The van der Waals surface area contributed by atoms with E-state index in [0.717, 1.165) is 22.7 Å². The van der Waals surface area contributed by atoms with Gasteiger partial charge in [-0.2, -0.15) is 0 Å². The van der Waals surface area contributed by atoms with Gasteiger partial charge in [-0.15, -0.1) is 11.3 Å². The molecule has 3 nitrogen and oxygen atoms in total. The zero-order valence-corrected chi connectivity index (χ0v) is 9.14. The second-order valence-electron chi connectivity index (χ2n) is 2.84. The van der Waals surface area contributed by atoms with E-state index in [1.54, 1.807) is 17.5 Å². The number of halogens is 1. The molecule has 14 heavy (non-hydrogen) atoms. The topological polar surface area (TPSA) is 38.7 Å². The van der Waals surface area contributed by atoms with Crippen LogP contribution in [0.5, 0.6) is 0 Å². The molecule has 0 fully saturated rings. The predicted molar refractivity (Wildman–Crippen MR) is 56.7 cm³/mol. The molecule has 0 aliphatic heterocycles. The zero-order valence-electron chi connectivity index (χ0n) is 7.57. The van der Waals surface area contributed by atoms with E-state index in [2.05, 4.69) is 15.0 Å². The molecule has 0 bridgehead atoms. The minimum atomic E-state index is 0.520. The first-order valence-electron chi connectivity index (χ1n) is 4.11. The Morgan fingerprint density at radius 3 is 2.93 bits per heavy atom. The lowest BCUT2D eigenvalue weighted by Gasteiger charge is -2.02. The molecule has 0 spiro atoms. The van der Waals surface area contributed by atoms with Crippen molar-refractivity contribution in [3.63, 3.8) is 0 Å². The van der Waals surface area contributed by atoms with Gasteiger partial charge in [-0.25, -0.2) is 15.0 Å². The van der Waals surface area contributed by atoms with Crippen molar-refractivity contribution in [3.8, 4) is 0 Å². The van der Waals surface area contributed by atoms with Crippen LogP contribution >= 0.6 is 22.9 Å². The van der Waals surface area contributed by atoms with Crippen LogP contribution in [-0.2, 0) is 6.42 Å². The lowest BCUT2D eigenvalue weighted by molar-refractivity contribution is 0.985. The maximum Gasteiger partial charge on any atom is 0.135 e. The molecule has 0 aliphatic carbocycles. The second kappa shape index (κ2) is 4.02. The first kappa shape index (κ1) is 9.55. The number of aromatic nitrogens is 3. The standard InChI is InChI=1S/C9H8ClN3S/c1-6-7(12-5-13-9(6)10)4-8-11-2-3-14-8/h2-3,5H,4H2,1H3. The Kier molecular flexibility index (Phi) is 2.74. The van der Waals surface area contributed by atoms with Gasteiger partial charge in [-0.3, -0.25) is 0 Å². The predicted octanol–water partition coefficient (Wildman–Crippen LogP) is 2.49. The Hall–Kier alpha value is -1.000. The van der Waals surface area contributed by atoms with Crippen molar-refractivity contribution in [2.45, 2.75) is 13.3 Å². The molecule has 5 heteroatoms. The van der Waals surface area contributed by atoms with Crippen molar-refractivity contribution in [1.82, 2.24) is 15.0 Å². The Morgan fingerprint density at radius 2 is 2.21 bits per heavy atom. The van der Waals surface area contributed by atoms with Crippen molar-refractivity contribution in [1.29, 1.82) is 0 Å². The van der Waals surface area contributed by atoms with Gasteiger partial charge >= 0.3 is 0 Å². The van der Waals surface area contributed by atoms with Crippen molar-refractivity contribution in [2.24, 2.45) is 0 Å². The number of hydrogen-bond acceptors (Lipinski definition) is 4. The number of thiazole rings is 1. The molecule has 0 radical (unpaired) electrons. The fourth-order valence-corrected chi connectivity index (χ4v) is 1.90. The normalized spacial score (nSPS) is 10.4. The molecule has 0 atom stereocenters. The van der Waals surface area contributed by atoms with E-state index in [1.165, 1.54) is 6.33 Å². The highest BCUT2D eigenvalue weighted by Gasteiger charge is 2.06. The monoisotopic (exact) mass is 225 g/mol. The van der Waals surface area contributed by atoms with Crippen LogP contribution in [0.4, 0.5) is 0 Å². The van der Waals surface area contributed by atoms with Gasteiger partial charge in [0.2, 0.25) is 0 Å². The van der Waals surface area contributed by atoms with Gasteiger partial charge in [0.1, 0.15) is 11.5 Å². The third kappa shape index (κ3) is 1.91. The number of hydrogen-bond donors (Lipinski definition) is 0. The summed E-state index contributed by atoms with van der Waals surface area (Å²) >= 11 is 7.50. The van der Waals surface area contributed by atoms with Crippen molar-refractivity contribution in [2.75, 3.05) is 0 Å². The zero-order chi connectivity index (χ0) is 9.97. The van der Waals surface area contributed by atoms with Crippen LogP contribution in [0, 0.1) is 6.92 Å². The van der Waals surface area contributed by atoms with Crippen LogP contribution in [0.15, 0.2) is 17.9 Å². The van der Waals surface area contributed by atoms with Gasteiger partial charge < -0.3 is 0 Å². The molecule has 0 aliphatic rings. The molecule has 2 rings (SSSR count). The Labute approximate surface area is 90.8 Å². The van der Waals surface area contributed by atoms with Crippen molar-refractivity contribution < 1.29 is 0 Å². The van der Waals surface area contributed by atoms with E-state index >= 15 is 0 Å². The quantitative estimate of drug-likeness (QED) is 0.738. The van der Waals surface area contributed by atoms with Gasteiger partial charge in [-0.05, 0) is 6.92 Å². The van der Waals surface area contributed by atoms with Crippen LogP contribution in [0.3, 0.4) is 0 Å². The van der Waals surface area contributed by atoms with E-state index in [0.29, 0.717) is 5.15 Å². The summed E-state index contributed by atoms with van der Waals surface area (Å²) in [6.07, 6.45) is 4.00. The van der Waals surface area contributed by atoms with E-state index in [9.17, 15) is 0 Å². The molecule has 0 unspecified atom stereocenters. The van der Waals surface area contributed by atoms with Gasteiger partial charge in [0, 0.05) is 23.6 Å². The van der Waals surface area contributed by atoms with Crippen LogP contribution < -0.4 is 0 Å². The van der Waals surface area contributed by atoms with Crippen LogP contribution in [0.1, 0.15) is 16.3 Å². The number of rotatable bonds is 2. The smallest absolute Gasteiger partial charge is 0.135 e. The Morgan fingerprint density at radius 1 is 1.36 bits per heavy atom. The van der Waals surface area contributed by atoms with Gasteiger partial charge in [0.25, 0.3) is 0 Å². The van der Waals surface area contributed by atoms with Crippen molar-refractivity contribution >= 4 is 22.9 Å². The van der Waals surface area contributed by atoms with E-state index in [-0.39, 0.29) is 0 Å². The van der Waals surface area contributed by atoms with Crippen LogP contribution in [0.25, 0.3) is 0 Å². The molecule has 0 amide bonds. The fraction of sp³-hybridized carbons (Fsp3) is 0.222. The lowest BCUT2D eigenvalue weighted by atomic mass is 10.2. The highest BCUT2D eigenvalue weighted by molar-refractivity contribution is 7.09. The summed E-state index contributed by atoms with van der Waals surface area (Å²) in [7, 11) is 0. The summed E-state index contributed by atoms with van der Waals surface area (Å²) in [5, 5.41) is 3.52. The fourth-order valence-electron chi connectivity index (χ4n) is 1.12. The van der Waals surface area contributed by atoms with Gasteiger partial charge in [0.15, 0.2) is 0 Å². The molecule has 0 saturated heterocycles. The SMILES string of the molecule is Cc1c(Cl)ncnc1Cc1nccs1. The summed E-state index contributed by atoms with van der Waals surface area (Å²) in [6, 6.07) is 0. The van der Waals surface area contributed by atoms with Crippen molar-refractivity contribution in [3.05, 3.63) is 39.3 Å². The molecule has 2 heterocycles. The van der Waals surface area contributed by atoms with Gasteiger partial charge in [-0.1, -0.05) is 11.6 Å². The Bertz CT molecular complexity index is 428. The molecule has 0 N–H and O–H groups in total. The number of nitrogens with zero attached hydrogens (tertiary/aromatic N) is 3. The first-order valence-corrected chi connectivity index (χ1v) is 5.37. The third-order valence-electron chi connectivity index (χ3n) is 1.93. The first-order chi connectivity index (χ1) is 6.77. The van der Waals surface area contributed by atoms with E-state index in [4.69, 9.17) is 11.6 Å². The molecule has 2 aromatic rings. The van der Waals surface area contributed by atoms with E-state index in [1.807, 2.05) is 12.3 Å². The maximum absolute atomic E-state index is 5.89. The highest BCUT2D eigenvalue weighted by Crippen LogP contribution is 2.17. The summed E-state index contributed by atoms with van der Waals surface area (Å²) < 4.78 is 0. The summed E-state index contributed by atoms with van der Waals surface area (Å²) in [5.41, 5.74) is 1.88. The molecular weight excluding hydrogens is 218 g/mol. The van der Waals surface area contributed by atoms with E-state index < -0.39 is 0 Å². The largest absolute Gasteiger partial charge is 0.249 e. The van der Waals surface area contributed by atoms with Crippen LogP contribution in [-0.4, -0.2) is 15.0 Å². The minimum Gasteiger partial charge on any atom is -0.249 e. The molecular formula is C9H8ClN3S. The summed E-state index contributed by atoms with van der Waals surface area (Å²) in [6.45, 7) is 1.92. The molecule has 0 saturated carbocycles. The molecule has 72 valence electrons. The third-order valence-corrected chi connectivity index (χ3v) is 3.09.